The van der Waals surface area contributed by atoms with Gasteiger partial charge in [-0.2, -0.15) is 8.78 Å². The fourth-order valence-corrected chi connectivity index (χ4v) is 1.66. The maximum Gasteiger partial charge on any atom is 0.334 e. The van der Waals surface area contributed by atoms with Crippen molar-refractivity contribution in [3.63, 3.8) is 0 Å². The summed E-state index contributed by atoms with van der Waals surface area (Å²) >= 11 is 0. The lowest BCUT2D eigenvalue weighted by Gasteiger charge is -2.15. The molecule has 2 rings (SSSR count). The Labute approximate surface area is 104 Å². The number of alkyl halides is 2. The van der Waals surface area contributed by atoms with E-state index in [9.17, 15) is 13.6 Å². The first-order valence-electron chi connectivity index (χ1n) is 5.56. The smallest absolute Gasteiger partial charge is 0.287 e. The van der Waals surface area contributed by atoms with Crippen LogP contribution in [0.5, 0.6) is 0 Å². The Balaban J connectivity index is 2.36. The fraction of sp³-hybridized carbons (Fsp3) is 0.133. The van der Waals surface area contributed by atoms with Gasteiger partial charge in [0.15, 0.2) is 0 Å². The molecule has 0 fully saturated rings. The van der Waals surface area contributed by atoms with Crippen LogP contribution in [0.3, 0.4) is 0 Å². The summed E-state index contributed by atoms with van der Waals surface area (Å²) in [7, 11) is 0. The van der Waals surface area contributed by atoms with Gasteiger partial charge in [0.25, 0.3) is 0 Å². The minimum absolute atomic E-state index is 0.0226. The number of ketones is 1. The highest BCUT2D eigenvalue weighted by molar-refractivity contribution is 6.01. The molecular formula is C15H12F2O. The molecule has 0 aromatic heterocycles. The van der Waals surface area contributed by atoms with Crippen LogP contribution in [0, 0.1) is 6.92 Å². The van der Waals surface area contributed by atoms with Crippen LogP contribution in [-0.4, -0.2) is 5.78 Å². The molecule has 2 aromatic rings. The number of Topliss-reactive ketones (excluding diaryl/α,β-unsaturated/α-hetero) is 1. The Morgan fingerprint density at radius 2 is 1.50 bits per heavy atom. The third-order valence-electron chi connectivity index (χ3n) is 2.74. The van der Waals surface area contributed by atoms with Gasteiger partial charge in [-0.3, -0.25) is 4.79 Å². The zero-order valence-corrected chi connectivity index (χ0v) is 9.86. The van der Waals surface area contributed by atoms with Gasteiger partial charge in [-0.1, -0.05) is 60.2 Å². The van der Waals surface area contributed by atoms with Crippen LogP contribution in [-0.2, 0) is 5.92 Å². The third kappa shape index (κ3) is 2.30. The van der Waals surface area contributed by atoms with Crippen molar-refractivity contribution in [3.8, 4) is 0 Å². The normalized spacial score (nSPS) is 11.3. The maximum absolute atomic E-state index is 14.0. The zero-order chi connectivity index (χ0) is 13.2. The van der Waals surface area contributed by atoms with Crippen molar-refractivity contribution in [2.24, 2.45) is 0 Å². The van der Waals surface area contributed by atoms with Crippen LogP contribution in [0.25, 0.3) is 0 Å². The lowest BCUT2D eigenvalue weighted by atomic mass is 9.98. The van der Waals surface area contributed by atoms with E-state index in [-0.39, 0.29) is 11.1 Å². The predicted octanol–water partition coefficient (Wildman–Crippen LogP) is 3.97. The SMILES string of the molecule is Cc1ccc(C(=O)C(F)(F)c2ccccc2)cc1. The molecule has 18 heavy (non-hydrogen) atoms. The molecule has 0 atom stereocenters. The highest BCUT2D eigenvalue weighted by atomic mass is 19.3. The average Bonchev–Trinajstić information content (AvgIpc) is 2.40. The number of hydrogen-bond donors (Lipinski definition) is 0. The van der Waals surface area contributed by atoms with E-state index in [4.69, 9.17) is 0 Å². The second-order valence-electron chi connectivity index (χ2n) is 4.14. The molecule has 0 amide bonds. The van der Waals surface area contributed by atoms with Gasteiger partial charge in [-0.05, 0) is 6.92 Å². The summed E-state index contributed by atoms with van der Waals surface area (Å²) < 4.78 is 28.0. The molecule has 0 saturated carbocycles. The van der Waals surface area contributed by atoms with Crippen molar-refractivity contribution in [2.75, 3.05) is 0 Å². The quantitative estimate of drug-likeness (QED) is 0.749. The van der Waals surface area contributed by atoms with Gasteiger partial charge in [0.2, 0.25) is 5.78 Å². The molecule has 2 aromatic carbocycles. The molecule has 0 unspecified atom stereocenters. The first-order chi connectivity index (χ1) is 8.51. The topological polar surface area (TPSA) is 17.1 Å². The summed E-state index contributed by atoms with van der Waals surface area (Å²) in [6, 6.07) is 13.3. The predicted molar refractivity (Wildman–Crippen MR) is 65.8 cm³/mol. The van der Waals surface area contributed by atoms with E-state index >= 15 is 0 Å². The Hall–Kier alpha value is -2.03. The summed E-state index contributed by atoms with van der Waals surface area (Å²) in [4.78, 5) is 11.8. The zero-order valence-electron chi connectivity index (χ0n) is 9.86. The highest BCUT2D eigenvalue weighted by Gasteiger charge is 2.40. The minimum Gasteiger partial charge on any atom is -0.287 e. The van der Waals surface area contributed by atoms with Gasteiger partial charge in [0, 0.05) is 11.1 Å². The Morgan fingerprint density at radius 1 is 0.944 bits per heavy atom. The van der Waals surface area contributed by atoms with E-state index in [0.29, 0.717) is 0 Å². The van der Waals surface area contributed by atoms with E-state index in [1.165, 1.54) is 36.4 Å². The number of aryl methyl sites for hydroxylation is 1. The number of benzene rings is 2. The van der Waals surface area contributed by atoms with E-state index in [2.05, 4.69) is 0 Å². The van der Waals surface area contributed by atoms with Crippen molar-refractivity contribution < 1.29 is 13.6 Å². The molecule has 0 spiro atoms. The van der Waals surface area contributed by atoms with Crippen molar-refractivity contribution in [1.29, 1.82) is 0 Å². The van der Waals surface area contributed by atoms with E-state index in [1.807, 2.05) is 6.92 Å². The minimum atomic E-state index is -3.49. The standard InChI is InChI=1S/C15H12F2O/c1-11-7-9-12(10-8-11)14(18)15(16,17)13-5-3-2-4-6-13/h2-10H,1H3. The lowest BCUT2D eigenvalue weighted by molar-refractivity contribution is 0.00743. The number of rotatable bonds is 3. The largest absolute Gasteiger partial charge is 0.334 e. The van der Waals surface area contributed by atoms with Crippen molar-refractivity contribution in [3.05, 3.63) is 71.3 Å². The van der Waals surface area contributed by atoms with Crippen LogP contribution in [0.2, 0.25) is 0 Å². The summed E-state index contributed by atoms with van der Waals surface area (Å²) in [6.45, 7) is 1.84. The second-order valence-corrected chi connectivity index (χ2v) is 4.14. The molecule has 0 aliphatic heterocycles. The van der Waals surface area contributed by atoms with Crippen LogP contribution in [0.4, 0.5) is 8.78 Å². The van der Waals surface area contributed by atoms with Gasteiger partial charge >= 0.3 is 5.92 Å². The van der Waals surface area contributed by atoms with E-state index in [1.54, 1.807) is 18.2 Å². The van der Waals surface area contributed by atoms with Gasteiger partial charge in [-0.15, -0.1) is 0 Å². The van der Waals surface area contributed by atoms with Crippen LogP contribution >= 0.6 is 0 Å². The Morgan fingerprint density at radius 3 is 2.06 bits per heavy atom. The fourth-order valence-electron chi connectivity index (χ4n) is 1.66. The van der Waals surface area contributed by atoms with Gasteiger partial charge in [-0.25, -0.2) is 0 Å². The molecule has 3 heteroatoms. The van der Waals surface area contributed by atoms with Gasteiger partial charge in [0.05, 0.1) is 0 Å². The molecular weight excluding hydrogens is 234 g/mol. The van der Waals surface area contributed by atoms with E-state index < -0.39 is 11.7 Å². The van der Waals surface area contributed by atoms with Crippen molar-refractivity contribution in [1.82, 2.24) is 0 Å². The summed E-state index contributed by atoms with van der Waals surface area (Å²) in [5.74, 6) is -4.66. The summed E-state index contributed by atoms with van der Waals surface area (Å²) in [5, 5.41) is 0. The molecule has 1 nitrogen and oxygen atoms in total. The number of halogens is 2. The van der Waals surface area contributed by atoms with Gasteiger partial charge in [0.1, 0.15) is 0 Å². The number of hydrogen-bond acceptors (Lipinski definition) is 1. The van der Waals surface area contributed by atoms with Gasteiger partial charge < -0.3 is 0 Å². The summed E-state index contributed by atoms with van der Waals surface area (Å²) in [5.41, 5.74) is 0.666. The van der Waals surface area contributed by atoms with E-state index in [0.717, 1.165) is 5.56 Å². The third-order valence-corrected chi connectivity index (χ3v) is 2.74. The molecule has 0 aliphatic rings. The monoisotopic (exact) mass is 246 g/mol. The molecule has 0 aliphatic carbocycles. The summed E-state index contributed by atoms with van der Waals surface area (Å²) in [6.07, 6.45) is 0. The molecule has 0 saturated heterocycles. The average molecular weight is 246 g/mol. The highest BCUT2D eigenvalue weighted by Crippen LogP contribution is 2.31. The Kier molecular flexibility index (Phi) is 3.24. The first kappa shape index (κ1) is 12.4. The number of carbonyl (C=O) groups excluding carboxylic acids is 1. The molecule has 92 valence electrons. The first-order valence-corrected chi connectivity index (χ1v) is 5.56. The molecule has 0 radical (unpaired) electrons. The second kappa shape index (κ2) is 4.69. The van der Waals surface area contributed by atoms with Crippen LogP contribution < -0.4 is 0 Å². The molecule has 0 heterocycles. The van der Waals surface area contributed by atoms with Crippen molar-refractivity contribution in [2.45, 2.75) is 12.8 Å². The maximum atomic E-state index is 14.0. The van der Waals surface area contributed by atoms with Crippen LogP contribution in [0.1, 0.15) is 21.5 Å². The van der Waals surface area contributed by atoms with Crippen molar-refractivity contribution >= 4 is 5.78 Å². The Bertz CT molecular complexity index is 544. The molecule has 0 bridgehead atoms. The number of carbonyl (C=O) groups is 1. The van der Waals surface area contributed by atoms with Crippen LogP contribution in [0.15, 0.2) is 54.6 Å². The molecule has 0 N–H and O–H groups in total. The lowest BCUT2D eigenvalue weighted by Crippen LogP contribution is -2.26.